The summed E-state index contributed by atoms with van der Waals surface area (Å²) < 4.78 is 40.3. The maximum Gasteiger partial charge on any atom is 0.264 e. The van der Waals surface area contributed by atoms with Crippen molar-refractivity contribution in [2.24, 2.45) is 0 Å². The molecule has 1 N–H and O–H groups in total. The minimum Gasteiger partial charge on any atom is -0.493 e. The number of carbonyl (C=O) groups excluding carboxylic acids is 2. The van der Waals surface area contributed by atoms with Gasteiger partial charge in [0.1, 0.15) is 12.6 Å². The summed E-state index contributed by atoms with van der Waals surface area (Å²) in [7, 11) is -1.34. The molecule has 0 radical (unpaired) electrons. The molecule has 3 aromatic carbocycles. The summed E-state index contributed by atoms with van der Waals surface area (Å²) in [5.74, 6) is -0.177. The van der Waals surface area contributed by atoms with Gasteiger partial charge >= 0.3 is 0 Å². The molecule has 0 saturated heterocycles. The van der Waals surface area contributed by atoms with E-state index in [1.54, 1.807) is 42.5 Å². The first-order chi connectivity index (χ1) is 22.0. The van der Waals surface area contributed by atoms with Crippen molar-refractivity contribution >= 4 is 50.7 Å². The zero-order chi connectivity index (χ0) is 33.4. The van der Waals surface area contributed by atoms with Crippen LogP contribution in [-0.4, -0.2) is 58.0 Å². The molecule has 3 aromatic rings. The van der Waals surface area contributed by atoms with E-state index in [1.165, 1.54) is 37.3 Å². The van der Waals surface area contributed by atoms with Crippen molar-refractivity contribution in [2.75, 3.05) is 25.1 Å². The second-order valence-electron chi connectivity index (χ2n) is 11.4. The maximum atomic E-state index is 14.4. The summed E-state index contributed by atoms with van der Waals surface area (Å²) in [5.41, 5.74) is 1.65. The number of amides is 2. The minimum absolute atomic E-state index is 0.00932. The van der Waals surface area contributed by atoms with Gasteiger partial charge in [-0.25, -0.2) is 8.42 Å². The number of nitrogens with zero attached hydrogens (tertiary/aromatic N) is 2. The van der Waals surface area contributed by atoms with Crippen LogP contribution in [0.1, 0.15) is 56.6 Å². The molecule has 12 heteroatoms. The predicted octanol–water partition coefficient (Wildman–Crippen LogP) is 6.77. The van der Waals surface area contributed by atoms with E-state index >= 15 is 0 Å². The van der Waals surface area contributed by atoms with Crippen molar-refractivity contribution in [1.29, 1.82) is 0 Å². The van der Waals surface area contributed by atoms with Gasteiger partial charge in [-0.05, 0) is 68.1 Å². The van der Waals surface area contributed by atoms with E-state index in [1.807, 2.05) is 13.8 Å². The zero-order valence-electron chi connectivity index (χ0n) is 26.6. The summed E-state index contributed by atoms with van der Waals surface area (Å²) >= 11 is 12.7. The Hall–Kier alpha value is -3.47. The number of hydrogen-bond donors (Lipinski definition) is 1. The van der Waals surface area contributed by atoms with Gasteiger partial charge in [0.2, 0.25) is 11.8 Å². The molecule has 1 saturated carbocycles. The summed E-state index contributed by atoms with van der Waals surface area (Å²) in [5, 5.41) is 3.90. The van der Waals surface area contributed by atoms with E-state index in [4.69, 9.17) is 32.7 Å². The first-order valence-corrected chi connectivity index (χ1v) is 17.5. The molecule has 46 heavy (non-hydrogen) atoms. The smallest absolute Gasteiger partial charge is 0.264 e. The summed E-state index contributed by atoms with van der Waals surface area (Å²) in [6.07, 6.45) is 5.24. The number of benzene rings is 3. The van der Waals surface area contributed by atoms with E-state index in [-0.39, 0.29) is 29.1 Å². The number of ether oxygens (including phenoxy) is 2. The molecule has 9 nitrogen and oxygen atoms in total. The van der Waals surface area contributed by atoms with E-state index in [9.17, 15) is 18.0 Å². The molecule has 248 valence electrons. The molecule has 1 fully saturated rings. The van der Waals surface area contributed by atoms with Gasteiger partial charge in [-0.15, -0.1) is 0 Å². The van der Waals surface area contributed by atoms with Crippen LogP contribution in [0.25, 0.3) is 0 Å². The third-order valence-corrected chi connectivity index (χ3v) is 10.6. The van der Waals surface area contributed by atoms with Crippen molar-refractivity contribution in [3.8, 4) is 11.5 Å². The fourth-order valence-electron chi connectivity index (χ4n) is 5.64. The molecule has 1 unspecified atom stereocenters. The molecule has 1 atom stereocenters. The largest absolute Gasteiger partial charge is 0.493 e. The fraction of sp³-hybridized carbons (Fsp3) is 0.412. The number of methoxy groups -OCH3 is 2. The van der Waals surface area contributed by atoms with Crippen molar-refractivity contribution in [3.05, 3.63) is 81.8 Å². The standard InChI is InChI=1S/C34H41Cl2N3O6S/c1-5-30(34(41)37-26-9-7-6-8-10-26)38(21-24-13-14-25(35)19-29(24)36)33(40)22-39(27-15-18-31(44-3)32(20-27)45-4)46(42,43)28-16-11-23(2)12-17-28/h11-20,26,30H,5-10,21-22H2,1-4H3,(H,37,41). The number of hydrogen-bond acceptors (Lipinski definition) is 6. The Morgan fingerprint density at radius 2 is 1.61 bits per heavy atom. The lowest BCUT2D eigenvalue weighted by molar-refractivity contribution is -0.140. The first kappa shape index (κ1) is 35.4. The topological polar surface area (TPSA) is 105 Å². The van der Waals surface area contributed by atoms with Gasteiger partial charge in [0.05, 0.1) is 24.8 Å². The highest BCUT2D eigenvalue weighted by atomic mass is 35.5. The van der Waals surface area contributed by atoms with Gasteiger partial charge in [0.25, 0.3) is 10.0 Å². The zero-order valence-corrected chi connectivity index (χ0v) is 28.9. The highest BCUT2D eigenvalue weighted by Gasteiger charge is 2.35. The van der Waals surface area contributed by atoms with Gasteiger partial charge in [-0.2, -0.15) is 0 Å². The average molecular weight is 691 g/mol. The molecular formula is C34H41Cl2N3O6S. The van der Waals surface area contributed by atoms with Crippen LogP contribution in [0.5, 0.6) is 11.5 Å². The average Bonchev–Trinajstić information content (AvgIpc) is 3.04. The van der Waals surface area contributed by atoms with Gasteiger partial charge in [0, 0.05) is 28.7 Å². The predicted molar refractivity (Wildman–Crippen MR) is 181 cm³/mol. The highest BCUT2D eigenvalue weighted by Crippen LogP contribution is 2.34. The van der Waals surface area contributed by atoms with E-state index in [2.05, 4.69) is 5.32 Å². The molecule has 0 aliphatic heterocycles. The molecule has 0 aromatic heterocycles. The van der Waals surface area contributed by atoms with Gasteiger partial charge in [0.15, 0.2) is 11.5 Å². The summed E-state index contributed by atoms with van der Waals surface area (Å²) in [4.78, 5) is 29.6. The Bertz CT molecular complexity index is 1630. The van der Waals surface area contributed by atoms with Crippen LogP contribution >= 0.6 is 23.2 Å². The van der Waals surface area contributed by atoms with E-state index < -0.39 is 28.5 Å². The van der Waals surface area contributed by atoms with Crippen LogP contribution in [0, 0.1) is 6.92 Å². The lowest BCUT2D eigenvalue weighted by Crippen LogP contribution is -2.54. The highest BCUT2D eigenvalue weighted by molar-refractivity contribution is 7.92. The second-order valence-corrected chi connectivity index (χ2v) is 14.1. The molecule has 1 aliphatic carbocycles. The van der Waals surface area contributed by atoms with E-state index in [0.29, 0.717) is 33.5 Å². The van der Waals surface area contributed by atoms with Crippen LogP contribution in [0.3, 0.4) is 0 Å². The molecule has 0 bridgehead atoms. The fourth-order valence-corrected chi connectivity index (χ4v) is 7.52. The van der Waals surface area contributed by atoms with Crippen LogP contribution in [0.15, 0.2) is 65.6 Å². The minimum atomic E-state index is -4.26. The third-order valence-electron chi connectivity index (χ3n) is 8.24. The quantitative estimate of drug-likeness (QED) is 0.212. The maximum absolute atomic E-state index is 14.4. The number of halogens is 2. The van der Waals surface area contributed by atoms with Crippen LogP contribution in [-0.2, 0) is 26.2 Å². The lowest BCUT2D eigenvalue weighted by atomic mass is 9.95. The van der Waals surface area contributed by atoms with Gasteiger partial charge in [-0.1, -0.05) is 73.2 Å². The molecule has 4 rings (SSSR count). The van der Waals surface area contributed by atoms with Gasteiger partial charge < -0.3 is 19.7 Å². The summed E-state index contributed by atoms with van der Waals surface area (Å²) in [6.45, 7) is 3.05. The summed E-state index contributed by atoms with van der Waals surface area (Å²) in [6, 6.07) is 15.1. The number of carbonyl (C=O) groups is 2. The van der Waals surface area contributed by atoms with Crippen molar-refractivity contribution in [2.45, 2.75) is 75.9 Å². The molecule has 0 spiro atoms. The van der Waals surface area contributed by atoms with Crippen molar-refractivity contribution in [1.82, 2.24) is 10.2 Å². The number of rotatable bonds is 13. The number of anilines is 1. The van der Waals surface area contributed by atoms with Gasteiger partial charge in [-0.3, -0.25) is 13.9 Å². The lowest BCUT2D eigenvalue weighted by Gasteiger charge is -2.34. The van der Waals surface area contributed by atoms with Crippen LogP contribution < -0.4 is 19.1 Å². The Morgan fingerprint density at radius 3 is 2.22 bits per heavy atom. The third kappa shape index (κ3) is 8.46. The Morgan fingerprint density at radius 1 is 0.935 bits per heavy atom. The molecule has 2 amide bonds. The molecular weight excluding hydrogens is 649 g/mol. The second kappa shape index (κ2) is 15.9. The Kier molecular flexibility index (Phi) is 12.2. The number of aryl methyl sites for hydroxylation is 1. The Labute approximate surface area is 281 Å². The number of nitrogens with one attached hydrogen (secondary N) is 1. The Balaban J connectivity index is 1.77. The van der Waals surface area contributed by atoms with Crippen molar-refractivity contribution in [3.63, 3.8) is 0 Å². The van der Waals surface area contributed by atoms with Crippen LogP contribution in [0.2, 0.25) is 10.0 Å². The van der Waals surface area contributed by atoms with E-state index in [0.717, 1.165) is 42.0 Å². The van der Waals surface area contributed by atoms with Crippen molar-refractivity contribution < 1.29 is 27.5 Å². The SMILES string of the molecule is CCC(C(=O)NC1CCCCC1)N(Cc1ccc(Cl)cc1Cl)C(=O)CN(c1ccc(OC)c(OC)c1)S(=O)(=O)c1ccc(C)cc1. The monoisotopic (exact) mass is 689 g/mol. The molecule has 0 heterocycles. The molecule has 1 aliphatic rings. The normalized spacial score (nSPS) is 14.3. The van der Waals surface area contributed by atoms with Crippen LogP contribution in [0.4, 0.5) is 5.69 Å². The number of sulfonamides is 1. The first-order valence-electron chi connectivity index (χ1n) is 15.3.